The summed E-state index contributed by atoms with van der Waals surface area (Å²) in [6.45, 7) is 0. The Morgan fingerprint density at radius 3 is 2.59 bits per heavy atom. The van der Waals surface area contributed by atoms with Gasteiger partial charge in [0.1, 0.15) is 0 Å². The lowest BCUT2D eigenvalue weighted by molar-refractivity contribution is -0.139. The highest BCUT2D eigenvalue weighted by Crippen LogP contribution is 2.38. The van der Waals surface area contributed by atoms with E-state index in [0.29, 0.717) is 14.4 Å². The van der Waals surface area contributed by atoms with Gasteiger partial charge in [0.25, 0.3) is 0 Å². The molecule has 0 amide bonds. The Morgan fingerprint density at radius 1 is 1.15 bits per heavy atom. The fraction of sp³-hybridized carbons (Fsp3) is 0.0500. The topological polar surface area (TPSA) is 74.8 Å². The second-order valence-electron chi connectivity index (χ2n) is 5.95. The summed E-state index contributed by atoms with van der Waals surface area (Å²) in [5.41, 5.74) is 3.21. The highest BCUT2D eigenvalue weighted by Gasteiger charge is 2.27. The number of aliphatic imine (C=N–C) groups is 1. The molecule has 0 saturated carbocycles. The van der Waals surface area contributed by atoms with Gasteiger partial charge in [-0.05, 0) is 29.9 Å². The second-order valence-corrected chi connectivity index (χ2v) is 7.63. The number of nitrogens with zero attached hydrogens (tertiary/aromatic N) is 2. The van der Waals surface area contributed by atoms with Crippen molar-refractivity contribution in [3.8, 4) is 5.88 Å². The first-order valence-electron chi connectivity index (χ1n) is 8.13. The Morgan fingerprint density at radius 2 is 1.85 bits per heavy atom. The molecule has 0 bridgehead atoms. The van der Waals surface area contributed by atoms with E-state index in [2.05, 4.69) is 4.99 Å². The summed E-state index contributed by atoms with van der Waals surface area (Å²) in [5, 5.41) is 20.5. The summed E-state index contributed by atoms with van der Waals surface area (Å²) in [4.78, 5) is 16.8. The monoisotopic (exact) mass is 394 g/mol. The second kappa shape index (κ2) is 6.94. The first-order valence-corrected chi connectivity index (χ1v) is 9.36. The van der Waals surface area contributed by atoms with E-state index in [4.69, 9.17) is 12.2 Å². The molecule has 0 aliphatic carbocycles. The number of allylic oxidation sites excluding steroid dienone is 1. The summed E-state index contributed by atoms with van der Waals surface area (Å²) in [5.74, 6) is -1.25. The van der Waals surface area contributed by atoms with Gasteiger partial charge in [-0.25, -0.2) is 4.79 Å². The first-order chi connectivity index (χ1) is 13.1. The number of para-hydroxylation sites is 1. The lowest BCUT2D eigenvalue weighted by Gasteiger charge is -2.15. The Labute approximate surface area is 164 Å². The van der Waals surface area contributed by atoms with E-state index in [0.717, 1.165) is 16.8 Å². The Kier molecular flexibility index (Phi) is 4.47. The maximum Gasteiger partial charge on any atom is 0.331 e. The predicted molar refractivity (Wildman–Crippen MR) is 109 cm³/mol. The zero-order valence-corrected chi connectivity index (χ0v) is 15.6. The number of carboxylic acid groups (broad SMARTS) is 1. The normalized spacial score (nSPS) is 15.0. The van der Waals surface area contributed by atoms with Gasteiger partial charge >= 0.3 is 5.97 Å². The van der Waals surface area contributed by atoms with E-state index in [1.54, 1.807) is 36.6 Å². The van der Waals surface area contributed by atoms with Crippen LogP contribution in [0.25, 0.3) is 11.6 Å². The number of aliphatic carboxylic acids is 1. The number of aromatic nitrogens is 1. The molecule has 0 spiro atoms. The van der Waals surface area contributed by atoms with Gasteiger partial charge in [-0.15, -0.1) is 11.3 Å². The van der Waals surface area contributed by atoms with Crippen LogP contribution in [0.2, 0.25) is 0 Å². The van der Waals surface area contributed by atoms with Crippen LogP contribution in [0.1, 0.15) is 22.0 Å². The predicted octanol–water partition coefficient (Wildman–Crippen LogP) is 4.92. The third-order valence-corrected chi connectivity index (χ3v) is 5.63. The van der Waals surface area contributed by atoms with E-state index < -0.39 is 12.0 Å². The number of fused-ring (bicyclic) bond motifs is 1. The molecule has 27 heavy (non-hydrogen) atoms. The van der Waals surface area contributed by atoms with Gasteiger partial charge in [0.15, 0.2) is 10.00 Å². The number of rotatable bonds is 4. The molecule has 1 aromatic heterocycles. The van der Waals surface area contributed by atoms with Crippen LogP contribution in [0.3, 0.4) is 0 Å². The minimum atomic E-state index is -1.09. The molecule has 4 rings (SSSR count). The van der Waals surface area contributed by atoms with Crippen molar-refractivity contribution < 1.29 is 15.0 Å². The number of hydrogen-bond acceptors (Lipinski definition) is 5. The number of carbonyl (C=O) groups is 1. The molecular weight excluding hydrogens is 380 g/mol. The number of aromatic hydroxyl groups is 1. The highest BCUT2D eigenvalue weighted by atomic mass is 32.1. The van der Waals surface area contributed by atoms with E-state index in [9.17, 15) is 15.0 Å². The molecule has 1 atom stereocenters. The molecular formula is C20H14N2O3S2. The van der Waals surface area contributed by atoms with Gasteiger partial charge in [0.05, 0.1) is 10.6 Å². The number of carboxylic acids is 1. The van der Waals surface area contributed by atoms with Crippen LogP contribution < -0.4 is 0 Å². The van der Waals surface area contributed by atoms with Crippen LogP contribution in [0.4, 0.5) is 5.69 Å². The van der Waals surface area contributed by atoms with Crippen molar-refractivity contribution in [3.05, 3.63) is 74.6 Å². The molecule has 134 valence electrons. The summed E-state index contributed by atoms with van der Waals surface area (Å²) >= 11 is 6.54. The molecule has 0 saturated heterocycles. The lowest BCUT2D eigenvalue weighted by atomic mass is 10.1. The van der Waals surface area contributed by atoms with Gasteiger partial charge in [-0.1, -0.05) is 48.5 Å². The van der Waals surface area contributed by atoms with Crippen molar-refractivity contribution in [1.82, 2.24) is 4.57 Å². The number of hydrogen-bond donors (Lipinski definition) is 2. The summed E-state index contributed by atoms with van der Waals surface area (Å²) in [7, 11) is 0. The standard InChI is InChI=1S/C20H14N2O3S2/c23-18-16(10-13-11-21-15-9-5-4-8-14(13)15)27-20(26)22(18)17(19(24)25)12-6-2-1-3-7-12/h1-11,17,23H,(H,24,25)/b13-10+. The van der Waals surface area contributed by atoms with Crippen molar-refractivity contribution in [3.63, 3.8) is 0 Å². The molecule has 2 heterocycles. The van der Waals surface area contributed by atoms with Crippen LogP contribution in [0.5, 0.6) is 5.88 Å². The highest BCUT2D eigenvalue weighted by molar-refractivity contribution is 7.73. The SMILES string of the molecule is O=C(O)C(c1ccccc1)n1c(O)c(/C=C2\C=Nc3ccccc32)sc1=S. The molecule has 2 N–H and O–H groups in total. The van der Waals surface area contributed by atoms with Crippen molar-refractivity contribution in [1.29, 1.82) is 0 Å². The largest absolute Gasteiger partial charge is 0.493 e. The van der Waals surface area contributed by atoms with Crippen molar-refractivity contribution in [2.75, 3.05) is 0 Å². The lowest BCUT2D eigenvalue weighted by Crippen LogP contribution is -2.20. The van der Waals surface area contributed by atoms with Crippen LogP contribution in [-0.4, -0.2) is 27.0 Å². The molecule has 5 nitrogen and oxygen atoms in total. The number of benzene rings is 2. The van der Waals surface area contributed by atoms with Crippen molar-refractivity contribution in [2.24, 2.45) is 4.99 Å². The first kappa shape index (κ1) is 17.4. The van der Waals surface area contributed by atoms with Gasteiger partial charge in [-0.3, -0.25) is 9.56 Å². The Bertz CT molecular complexity index is 1140. The van der Waals surface area contributed by atoms with Crippen LogP contribution >= 0.6 is 23.6 Å². The molecule has 7 heteroatoms. The minimum absolute atomic E-state index is 0.161. The summed E-state index contributed by atoms with van der Waals surface area (Å²) in [6.07, 6.45) is 3.51. The van der Waals surface area contributed by atoms with Gasteiger partial charge in [0, 0.05) is 17.4 Å². The maximum absolute atomic E-state index is 11.9. The molecule has 0 radical (unpaired) electrons. The maximum atomic E-state index is 11.9. The molecule has 1 unspecified atom stereocenters. The molecule has 1 aliphatic rings. The third kappa shape index (κ3) is 3.11. The quantitative estimate of drug-likeness (QED) is 0.616. The molecule has 2 aromatic carbocycles. The fourth-order valence-corrected chi connectivity index (χ4v) is 4.36. The van der Waals surface area contributed by atoms with E-state index in [1.165, 1.54) is 15.9 Å². The fourth-order valence-electron chi connectivity index (χ4n) is 3.05. The van der Waals surface area contributed by atoms with E-state index in [-0.39, 0.29) is 5.88 Å². The molecule has 3 aromatic rings. The average molecular weight is 394 g/mol. The molecule has 1 aliphatic heterocycles. The van der Waals surface area contributed by atoms with Crippen molar-refractivity contribution in [2.45, 2.75) is 6.04 Å². The van der Waals surface area contributed by atoms with Crippen molar-refractivity contribution >= 4 is 53.1 Å². The third-order valence-electron chi connectivity index (χ3n) is 4.29. The van der Waals surface area contributed by atoms with Crippen LogP contribution in [0, 0.1) is 3.95 Å². The zero-order chi connectivity index (χ0) is 19.0. The average Bonchev–Trinajstić information content (AvgIpc) is 3.19. The smallest absolute Gasteiger partial charge is 0.331 e. The summed E-state index contributed by atoms with van der Waals surface area (Å²) < 4.78 is 1.57. The van der Waals surface area contributed by atoms with Crippen LogP contribution in [-0.2, 0) is 4.79 Å². The summed E-state index contributed by atoms with van der Waals surface area (Å²) in [6, 6.07) is 15.3. The van der Waals surface area contributed by atoms with E-state index in [1.807, 2.05) is 30.3 Å². The number of thiazole rings is 1. The van der Waals surface area contributed by atoms with Gasteiger partial charge in [0.2, 0.25) is 5.88 Å². The van der Waals surface area contributed by atoms with Gasteiger partial charge in [-0.2, -0.15) is 0 Å². The Balaban J connectivity index is 1.82. The zero-order valence-electron chi connectivity index (χ0n) is 13.9. The van der Waals surface area contributed by atoms with Gasteiger partial charge < -0.3 is 10.2 Å². The Hall–Kier alpha value is -3.03. The van der Waals surface area contributed by atoms with Crippen LogP contribution in [0.15, 0.2) is 59.6 Å². The van der Waals surface area contributed by atoms with E-state index >= 15 is 0 Å². The molecule has 0 fully saturated rings. The minimum Gasteiger partial charge on any atom is -0.493 e.